The van der Waals surface area contributed by atoms with Gasteiger partial charge in [0, 0.05) is 38.3 Å². The fraction of sp³-hybridized carbons (Fsp3) is 0.444. The third-order valence-electron chi connectivity index (χ3n) is 5.69. The van der Waals surface area contributed by atoms with Gasteiger partial charge in [-0.1, -0.05) is 0 Å². The molecule has 0 radical (unpaired) electrons. The first-order valence-electron chi connectivity index (χ1n) is 9.36. The number of aromatic amines is 1. The van der Waals surface area contributed by atoms with Crippen LogP contribution in [0.2, 0.25) is 0 Å². The van der Waals surface area contributed by atoms with Crippen molar-refractivity contribution in [2.45, 2.75) is 25.3 Å². The number of H-pyrrole nitrogens is 1. The highest BCUT2D eigenvalue weighted by Crippen LogP contribution is 2.31. The van der Waals surface area contributed by atoms with E-state index in [0.29, 0.717) is 36.4 Å². The van der Waals surface area contributed by atoms with Crippen molar-refractivity contribution in [2.24, 2.45) is 0 Å². The molecule has 0 spiro atoms. The first-order valence-corrected chi connectivity index (χ1v) is 9.36. The summed E-state index contributed by atoms with van der Waals surface area (Å²) in [7, 11) is 0. The summed E-state index contributed by atoms with van der Waals surface area (Å²) < 4.78 is 29.6. The quantitative estimate of drug-likeness (QED) is 0.695. The zero-order valence-electron chi connectivity index (χ0n) is 15.7. The molecule has 1 amide bonds. The molecule has 5 heterocycles. The van der Waals surface area contributed by atoms with Crippen LogP contribution in [-0.4, -0.2) is 78.2 Å². The Bertz CT molecular complexity index is 1160. The van der Waals surface area contributed by atoms with Gasteiger partial charge in [0.15, 0.2) is 0 Å². The minimum atomic E-state index is -2.63. The van der Waals surface area contributed by atoms with Gasteiger partial charge in [-0.05, 0) is 19.1 Å². The first kappa shape index (κ1) is 18.0. The average molecular weight is 403 g/mol. The fourth-order valence-corrected chi connectivity index (χ4v) is 3.96. The van der Waals surface area contributed by atoms with Gasteiger partial charge in [-0.25, -0.2) is 18.0 Å². The van der Waals surface area contributed by atoms with Crippen molar-refractivity contribution in [3.8, 4) is 5.95 Å². The fourth-order valence-electron chi connectivity index (χ4n) is 3.96. The van der Waals surface area contributed by atoms with E-state index in [9.17, 15) is 18.4 Å². The smallest absolute Gasteiger partial charge is 0.276 e. The third-order valence-corrected chi connectivity index (χ3v) is 5.69. The maximum atomic E-state index is 13.4. The van der Waals surface area contributed by atoms with Crippen LogP contribution < -0.4 is 5.56 Å². The minimum Gasteiger partial charge on any atom is -0.335 e. The summed E-state index contributed by atoms with van der Waals surface area (Å²) in [6, 6.07) is 3.33. The van der Waals surface area contributed by atoms with Gasteiger partial charge in [0.2, 0.25) is 5.95 Å². The molecule has 0 saturated carbocycles. The molecule has 2 saturated heterocycles. The number of fused-ring (bicyclic) bond motifs is 1. The number of nitrogens with one attached hydrogen (secondary N) is 1. The van der Waals surface area contributed by atoms with Crippen LogP contribution in [0.3, 0.4) is 0 Å². The number of aromatic nitrogens is 5. The Morgan fingerprint density at radius 1 is 1.34 bits per heavy atom. The number of alkyl halides is 2. The predicted molar refractivity (Wildman–Crippen MR) is 98.5 cm³/mol. The highest BCUT2D eigenvalue weighted by molar-refractivity contribution is 5.95. The highest BCUT2D eigenvalue weighted by atomic mass is 19.3. The van der Waals surface area contributed by atoms with E-state index in [-0.39, 0.29) is 36.4 Å². The van der Waals surface area contributed by atoms with E-state index in [1.54, 1.807) is 35.1 Å². The van der Waals surface area contributed by atoms with Crippen LogP contribution in [-0.2, 0) is 0 Å². The van der Waals surface area contributed by atoms with Crippen LogP contribution in [0.1, 0.15) is 22.5 Å². The molecule has 5 rings (SSSR count). The molecule has 2 aliphatic heterocycles. The SMILES string of the molecule is Cc1c(C(=O)N2CC(N3CCC(F)(F)C3)C2)cnn1-c1nn2cccc2c(=O)[nH]1. The van der Waals surface area contributed by atoms with Gasteiger partial charge >= 0.3 is 0 Å². The highest BCUT2D eigenvalue weighted by Gasteiger charge is 2.45. The van der Waals surface area contributed by atoms with Crippen molar-refractivity contribution in [1.82, 2.24) is 34.2 Å². The molecule has 0 atom stereocenters. The van der Waals surface area contributed by atoms with Crippen molar-refractivity contribution in [3.05, 3.63) is 46.1 Å². The van der Waals surface area contributed by atoms with E-state index < -0.39 is 5.92 Å². The topological polar surface area (TPSA) is 91.5 Å². The molecule has 0 aliphatic carbocycles. The maximum Gasteiger partial charge on any atom is 0.276 e. The van der Waals surface area contributed by atoms with E-state index in [1.807, 2.05) is 0 Å². The second-order valence-corrected chi connectivity index (χ2v) is 7.61. The van der Waals surface area contributed by atoms with Crippen LogP contribution in [0, 0.1) is 6.92 Å². The van der Waals surface area contributed by atoms with E-state index >= 15 is 0 Å². The summed E-state index contributed by atoms with van der Waals surface area (Å²) in [4.78, 5) is 31.0. The molecule has 3 aromatic heterocycles. The van der Waals surface area contributed by atoms with Gasteiger partial charge in [0.05, 0.1) is 24.0 Å². The molecular formula is C18H19F2N7O2. The van der Waals surface area contributed by atoms with Crippen molar-refractivity contribution in [2.75, 3.05) is 26.2 Å². The molecule has 1 N–H and O–H groups in total. The molecule has 2 fully saturated rings. The van der Waals surface area contributed by atoms with Gasteiger partial charge in [-0.15, -0.1) is 5.10 Å². The van der Waals surface area contributed by atoms with Gasteiger partial charge in [0.1, 0.15) is 5.52 Å². The van der Waals surface area contributed by atoms with Gasteiger partial charge in [-0.2, -0.15) is 5.10 Å². The van der Waals surface area contributed by atoms with Crippen molar-refractivity contribution in [1.29, 1.82) is 0 Å². The predicted octanol–water partition coefficient (Wildman–Crippen LogP) is 0.682. The number of carbonyl (C=O) groups is 1. The molecule has 0 unspecified atom stereocenters. The van der Waals surface area contributed by atoms with Crippen LogP contribution in [0.15, 0.2) is 29.3 Å². The summed E-state index contributed by atoms with van der Waals surface area (Å²) in [6.07, 6.45) is 2.97. The number of amides is 1. The molecule has 29 heavy (non-hydrogen) atoms. The number of carbonyl (C=O) groups excluding carboxylic acids is 1. The Kier molecular flexibility index (Phi) is 3.85. The summed E-state index contributed by atoms with van der Waals surface area (Å²) in [6.45, 7) is 2.68. The van der Waals surface area contributed by atoms with E-state index in [1.165, 1.54) is 15.4 Å². The number of hydrogen-bond donors (Lipinski definition) is 1. The lowest BCUT2D eigenvalue weighted by molar-refractivity contribution is -0.00874. The second kappa shape index (κ2) is 6.21. The van der Waals surface area contributed by atoms with E-state index in [0.717, 1.165) is 0 Å². The largest absolute Gasteiger partial charge is 0.335 e. The normalized spacial score (nSPS) is 19.8. The van der Waals surface area contributed by atoms with Crippen LogP contribution >= 0.6 is 0 Å². The monoisotopic (exact) mass is 403 g/mol. The Hall–Kier alpha value is -3.08. The number of likely N-dealkylation sites (tertiary alicyclic amines) is 2. The maximum absolute atomic E-state index is 13.4. The van der Waals surface area contributed by atoms with Gasteiger partial charge < -0.3 is 4.90 Å². The van der Waals surface area contributed by atoms with Crippen LogP contribution in [0.5, 0.6) is 0 Å². The number of hydrogen-bond acceptors (Lipinski definition) is 5. The van der Waals surface area contributed by atoms with E-state index in [4.69, 9.17) is 0 Å². The van der Waals surface area contributed by atoms with Crippen molar-refractivity contribution < 1.29 is 13.6 Å². The zero-order valence-corrected chi connectivity index (χ0v) is 15.7. The van der Waals surface area contributed by atoms with Gasteiger partial charge in [-0.3, -0.25) is 19.5 Å². The van der Waals surface area contributed by atoms with Crippen LogP contribution in [0.4, 0.5) is 8.78 Å². The Morgan fingerprint density at radius 3 is 2.86 bits per heavy atom. The summed E-state index contributed by atoms with van der Waals surface area (Å²) in [5.41, 5.74) is 1.04. The number of halogens is 2. The molecular weight excluding hydrogens is 384 g/mol. The molecule has 0 aromatic carbocycles. The molecule has 2 aliphatic rings. The summed E-state index contributed by atoms with van der Waals surface area (Å²) >= 11 is 0. The van der Waals surface area contributed by atoms with Gasteiger partial charge in [0.25, 0.3) is 17.4 Å². The molecule has 11 heteroatoms. The molecule has 3 aromatic rings. The number of nitrogens with zero attached hydrogens (tertiary/aromatic N) is 6. The van der Waals surface area contributed by atoms with E-state index in [2.05, 4.69) is 15.2 Å². The minimum absolute atomic E-state index is 0.0307. The Labute approximate surface area is 163 Å². The average Bonchev–Trinajstić information content (AvgIpc) is 3.32. The van der Waals surface area contributed by atoms with Crippen molar-refractivity contribution >= 4 is 11.4 Å². The third kappa shape index (κ3) is 2.92. The first-order chi connectivity index (χ1) is 13.8. The molecule has 0 bridgehead atoms. The molecule has 9 nitrogen and oxygen atoms in total. The standard InChI is InChI=1S/C18H19F2N7O2/c1-11-13(16(29)25-8-12(9-25)24-6-4-18(19,20)10-24)7-21-27(11)17-22-15(28)14-3-2-5-26(14)23-17/h2-3,5,7,12H,4,6,8-10H2,1H3,(H,22,23,28). The summed E-state index contributed by atoms with van der Waals surface area (Å²) in [5.74, 6) is -2.64. The Morgan fingerprint density at radius 2 is 2.14 bits per heavy atom. The molecule has 152 valence electrons. The van der Waals surface area contributed by atoms with Crippen molar-refractivity contribution in [3.63, 3.8) is 0 Å². The van der Waals surface area contributed by atoms with Crippen LogP contribution in [0.25, 0.3) is 11.5 Å². The second-order valence-electron chi connectivity index (χ2n) is 7.61. The zero-order chi connectivity index (χ0) is 20.3. The lowest BCUT2D eigenvalue weighted by Crippen LogP contribution is -2.60. The lowest BCUT2D eigenvalue weighted by atomic mass is 10.1. The number of rotatable bonds is 3. The Balaban J connectivity index is 1.33. The summed E-state index contributed by atoms with van der Waals surface area (Å²) in [5, 5.41) is 8.52. The lowest BCUT2D eigenvalue weighted by Gasteiger charge is -2.43.